The molecule has 1 heterocycles. The summed E-state index contributed by atoms with van der Waals surface area (Å²) in [7, 11) is 1.46. The van der Waals surface area contributed by atoms with Crippen LogP contribution in [0.3, 0.4) is 0 Å². The first kappa shape index (κ1) is 13.6. The molecule has 1 aromatic rings. The van der Waals surface area contributed by atoms with E-state index in [0.717, 1.165) is 0 Å². The molecule has 1 atom stereocenters. The predicted octanol–water partition coefficient (Wildman–Crippen LogP) is 1.78. The lowest BCUT2D eigenvalue weighted by atomic mass is 10.2. The molecule has 0 aliphatic heterocycles. The van der Waals surface area contributed by atoms with E-state index in [1.165, 1.54) is 18.1 Å². The van der Waals surface area contributed by atoms with E-state index in [1.807, 2.05) is 0 Å². The van der Waals surface area contributed by atoms with Gasteiger partial charge in [0.15, 0.2) is 0 Å². The van der Waals surface area contributed by atoms with Gasteiger partial charge in [-0.05, 0) is 34.5 Å². The number of aromatic nitrogens is 1. The van der Waals surface area contributed by atoms with Crippen LogP contribution in [0.2, 0.25) is 0 Å². The van der Waals surface area contributed by atoms with Crippen LogP contribution in [-0.4, -0.2) is 40.0 Å². The monoisotopic (exact) mass is 300 g/mol. The van der Waals surface area contributed by atoms with Crippen LogP contribution in [0.25, 0.3) is 0 Å². The summed E-state index contributed by atoms with van der Waals surface area (Å²) < 4.78 is 0.553. The summed E-state index contributed by atoms with van der Waals surface area (Å²) in [6.45, 7) is 1.72. The second kappa shape index (κ2) is 5.77. The summed E-state index contributed by atoms with van der Waals surface area (Å²) in [6.07, 6.45) is 1.84. The summed E-state index contributed by atoms with van der Waals surface area (Å²) in [5.74, 6) is -1.43. The molecule has 1 rings (SSSR count). The predicted molar refractivity (Wildman–Crippen MR) is 65.7 cm³/mol. The first-order valence-corrected chi connectivity index (χ1v) is 5.88. The molecule has 0 radical (unpaired) electrons. The molecule has 1 aromatic heterocycles. The minimum Gasteiger partial charge on any atom is -0.480 e. The van der Waals surface area contributed by atoms with Crippen molar-refractivity contribution in [3.05, 3.63) is 28.5 Å². The lowest BCUT2D eigenvalue weighted by Gasteiger charge is -2.23. The highest BCUT2D eigenvalue weighted by atomic mass is 79.9. The second-order valence-electron chi connectivity index (χ2n) is 3.51. The Labute approximate surface area is 108 Å². The van der Waals surface area contributed by atoms with Crippen LogP contribution in [0.5, 0.6) is 0 Å². The SMILES string of the molecule is CCC(C(=O)O)N(C)C(=O)c1ncccc1Br. The maximum absolute atomic E-state index is 12.0. The van der Waals surface area contributed by atoms with Crippen LogP contribution in [0.15, 0.2) is 22.8 Å². The number of hydrogen-bond donors (Lipinski definition) is 1. The number of carboxylic acids is 1. The molecule has 0 fully saturated rings. The molecule has 0 aromatic carbocycles. The van der Waals surface area contributed by atoms with E-state index >= 15 is 0 Å². The summed E-state index contributed by atoms with van der Waals surface area (Å²) in [5, 5.41) is 8.98. The number of pyridine rings is 1. The van der Waals surface area contributed by atoms with Crippen molar-refractivity contribution >= 4 is 27.8 Å². The maximum Gasteiger partial charge on any atom is 0.326 e. The fraction of sp³-hybridized carbons (Fsp3) is 0.364. The third kappa shape index (κ3) is 3.03. The van der Waals surface area contributed by atoms with E-state index in [1.54, 1.807) is 19.1 Å². The smallest absolute Gasteiger partial charge is 0.326 e. The third-order valence-corrected chi connectivity index (χ3v) is 3.06. The van der Waals surface area contributed by atoms with Crippen molar-refractivity contribution < 1.29 is 14.7 Å². The molecule has 0 bridgehead atoms. The molecule has 17 heavy (non-hydrogen) atoms. The van der Waals surface area contributed by atoms with Gasteiger partial charge in [0.05, 0.1) is 0 Å². The molecule has 1 unspecified atom stereocenters. The summed E-state index contributed by atoms with van der Waals surface area (Å²) in [6, 6.07) is 2.54. The molecule has 1 N–H and O–H groups in total. The number of likely N-dealkylation sites (N-methyl/N-ethyl adjacent to an activating group) is 1. The zero-order chi connectivity index (χ0) is 13.0. The van der Waals surface area contributed by atoms with Gasteiger partial charge in [0.2, 0.25) is 0 Å². The van der Waals surface area contributed by atoms with Gasteiger partial charge in [0.1, 0.15) is 11.7 Å². The van der Waals surface area contributed by atoms with Crippen LogP contribution >= 0.6 is 15.9 Å². The number of carbonyl (C=O) groups is 2. The van der Waals surface area contributed by atoms with E-state index in [0.29, 0.717) is 10.9 Å². The van der Waals surface area contributed by atoms with Gasteiger partial charge in [-0.25, -0.2) is 9.78 Å². The van der Waals surface area contributed by atoms with E-state index in [9.17, 15) is 9.59 Å². The first-order valence-electron chi connectivity index (χ1n) is 5.09. The normalized spacial score (nSPS) is 11.9. The Morgan fingerprint density at radius 2 is 2.24 bits per heavy atom. The standard InChI is InChI=1S/C11H13BrN2O3/c1-3-8(11(16)17)14(2)10(15)9-7(12)5-4-6-13-9/h4-6,8H,3H2,1-2H3,(H,16,17). The van der Waals surface area contributed by atoms with E-state index in [2.05, 4.69) is 20.9 Å². The van der Waals surface area contributed by atoms with Crippen molar-refractivity contribution in [3.63, 3.8) is 0 Å². The van der Waals surface area contributed by atoms with E-state index in [4.69, 9.17) is 5.11 Å². The van der Waals surface area contributed by atoms with Gasteiger partial charge in [-0.3, -0.25) is 4.79 Å². The summed E-state index contributed by atoms with van der Waals surface area (Å²) in [5.41, 5.74) is 0.217. The Balaban J connectivity index is 2.98. The minimum atomic E-state index is -1.02. The van der Waals surface area contributed by atoms with Gasteiger partial charge in [-0.1, -0.05) is 6.92 Å². The average Bonchev–Trinajstić information content (AvgIpc) is 2.29. The Kier molecular flexibility index (Phi) is 4.62. The Morgan fingerprint density at radius 1 is 1.59 bits per heavy atom. The molecule has 6 heteroatoms. The van der Waals surface area contributed by atoms with Gasteiger partial charge in [-0.2, -0.15) is 0 Å². The average molecular weight is 301 g/mol. The molecule has 92 valence electrons. The molecule has 0 aliphatic carbocycles. The lowest BCUT2D eigenvalue weighted by molar-refractivity contribution is -0.142. The largest absolute Gasteiger partial charge is 0.480 e. The van der Waals surface area contributed by atoms with E-state index < -0.39 is 17.9 Å². The van der Waals surface area contributed by atoms with Crippen molar-refractivity contribution in [2.75, 3.05) is 7.05 Å². The molecular weight excluding hydrogens is 288 g/mol. The zero-order valence-corrected chi connectivity index (χ0v) is 11.1. The number of aliphatic carboxylic acids is 1. The van der Waals surface area contributed by atoms with Gasteiger partial charge in [0.25, 0.3) is 5.91 Å². The van der Waals surface area contributed by atoms with Gasteiger partial charge in [-0.15, -0.1) is 0 Å². The number of carbonyl (C=O) groups excluding carboxylic acids is 1. The molecule has 1 amide bonds. The fourth-order valence-corrected chi connectivity index (χ4v) is 1.89. The van der Waals surface area contributed by atoms with Crippen LogP contribution in [0.1, 0.15) is 23.8 Å². The number of carboxylic acid groups (broad SMARTS) is 1. The highest BCUT2D eigenvalue weighted by Crippen LogP contribution is 2.16. The molecule has 0 saturated carbocycles. The second-order valence-corrected chi connectivity index (χ2v) is 4.37. The third-order valence-electron chi connectivity index (χ3n) is 2.42. The molecule has 5 nitrogen and oxygen atoms in total. The molecular formula is C11H13BrN2O3. The number of rotatable bonds is 4. The first-order chi connectivity index (χ1) is 7.99. The minimum absolute atomic E-state index is 0.217. The van der Waals surface area contributed by atoms with Gasteiger partial charge < -0.3 is 10.0 Å². The Bertz CT molecular complexity index is 436. The van der Waals surface area contributed by atoms with Crippen LogP contribution < -0.4 is 0 Å². The topological polar surface area (TPSA) is 70.5 Å². The van der Waals surface area contributed by atoms with Crippen LogP contribution in [0.4, 0.5) is 0 Å². The fourth-order valence-electron chi connectivity index (χ4n) is 1.47. The number of halogens is 1. The Morgan fingerprint density at radius 3 is 2.71 bits per heavy atom. The highest BCUT2D eigenvalue weighted by molar-refractivity contribution is 9.10. The van der Waals surface area contributed by atoms with Gasteiger partial charge in [0, 0.05) is 17.7 Å². The lowest BCUT2D eigenvalue weighted by Crippen LogP contribution is -2.42. The van der Waals surface area contributed by atoms with Crippen molar-refractivity contribution in [3.8, 4) is 0 Å². The summed E-state index contributed by atoms with van der Waals surface area (Å²) in [4.78, 5) is 28.1. The Hall–Kier alpha value is -1.43. The van der Waals surface area contributed by atoms with Crippen molar-refractivity contribution in [1.29, 1.82) is 0 Å². The molecule has 0 aliphatic rings. The molecule has 0 spiro atoms. The van der Waals surface area contributed by atoms with Gasteiger partial charge >= 0.3 is 5.97 Å². The zero-order valence-electron chi connectivity index (χ0n) is 9.55. The van der Waals surface area contributed by atoms with Crippen molar-refractivity contribution in [2.45, 2.75) is 19.4 Å². The number of hydrogen-bond acceptors (Lipinski definition) is 3. The quantitative estimate of drug-likeness (QED) is 0.920. The van der Waals surface area contributed by atoms with Crippen LogP contribution in [0, 0.1) is 0 Å². The number of amides is 1. The molecule has 0 saturated heterocycles. The summed E-state index contributed by atoms with van der Waals surface area (Å²) >= 11 is 3.22. The van der Waals surface area contributed by atoms with Crippen LogP contribution in [-0.2, 0) is 4.79 Å². The maximum atomic E-state index is 12.0. The van der Waals surface area contributed by atoms with Crippen molar-refractivity contribution in [1.82, 2.24) is 9.88 Å². The van der Waals surface area contributed by atoms with E-state index in [-0.39, 0.29) is 5.69 Å². The van der Waals surface area contributed by atoms with Crippen molar-refractivity contribution in [2.24, 2.45) is 0 Å². The highest BCUT2D eigenvalue weighted by Gasteiger charge is 2.27. The number of nitrogens with zero attached hydrogens (tertiary/aromatic N) is 2.